The number of methoxy groups -OCH3 is 2. The molecule has 2 amide bonds. The number of carbonyl (C=O) groups is 3. The molecule has 20 heavy (non-hydrogen) atoms. The van der Waals surface area contributed by atoms with E-state index in [0.717, 1.165) is 0 Å². The number of aliphatic carboxylic acids is 1. The molecule has 1 rings (SSSR count). The van der Waals surface area contributed by atoms with Gasteiger partial charge in [-0.1, -0.05) is 0 Å². The number of carboxylic acid groups (broad SMARTS) is 1. The Morgan fingerprint density at radius 3 is 2.50 bits per heavy atom. The van der Waals surface area contributed by atoms with Gasteiger partial charge in [-0.05, 0) is 0 Å². The highest BCUT2D eigenvalue weighted by molar-refractivity contribution is 5.83. The Balaban J connectivity index is 2.64. The average molecular weight is 288 g/mol. The van der Waals surface area contributed by atoms with E-state index >= 15 is 0 Å². The van der Waals surface area contributed by atoms with Crippen molar-refractivity contribution in [2.75, 3.05) is 34.4 Å². The number of rotatable bonds is 5. The van der Waals surface area contributed by atoms with E-state index in [1.54, 1.807) is 0 Å². The Labute approximate surface area is 117 Å². The van der Waals surface area contributed by atoms with Gasteiger partial charge in [-0.25, -0.2) is 9.59 Å². The Hall–Kier alpha value is -1.83. The van der Waals surface area contributed by atoms with Crippen molar-refractivity contribution in [2.24, 2.45) is 0 Å². The van der Waals surface area contributed by atoms with Gasteiger partial charge in [-0.2, -0.15) is 0 Å². The van der Waals surface area contributed by atoms with Crippen molar-refractivity contribution in [3.05, 3.63) is 0 Å². The van der Waals surface area contributed by atoms with Gasteiger partial charge in [-0.15, -0.1) is 0 Å². The molecule has 0 aromatic rings. The maximum Gasteiger partial charge on any atom is 0.326 e. The summed E-state index contributed by atoms with van der Waals surface area (Å²) in [7, 11) is 4.27. The zero-order valence-corrected chi connectivity index (χ0v) is 11.9. The molecule has 1 aliphatic heterocycles. The number of ether oxygens (including phenoxy) is 2. The van der Waals surface area contributed by atoms with E-state index in [1.165, 1.54) is 31.1 Å². The minimum Gasteiger partial charge on any atom is -0.480 e. The molecule has 114 valence electrons. The van der Waals surface area contributed by atoms with Crippen LogP contribution in [0, 0.1) is 0 Å². The van der Waals surface area contributed by atoms with E-state index < -0.39 is 24.0 Å². The van der Waals surface area contributed by atoms with Crippen molar-refractivity contribution in [3.8, 4) is 0 Å². The molecule has 1 fully saturated rings. The van der Waals surface area contributed by atoms with Gasteiger partial charge in [0.05, 0.1) is 19.6 Å². The van der Waals surface area contributed by atoms with Crippen LogP contribution in [0.2, 0.25) is 0 Å². The topological polar surface area (TPSA) is 96.4 Å². The highest BCUT2D eigenvalue weighted by atomic mass is 16.5. The van der Waals surface area contributed by atoms with Crippen LogP contribution >= 0.6 is 0 Å². The van der Waals surface area contributed by atoms with E-state index in [4.69, 9.17) is 9.84 Å². The number of carbonyl (C=O) groups excluding carboxylic acids is 2. The van der Waals surface area contributed by atoms with Crippen molar-refractivity contribution in [2.45, 2.75) is 25.0 Å². The van der Waals surface area contributed by atoms with Gasteiger partial charge < -0.3 is 24.4 Å². The molecule has 8 heteroatoms. The summed E-state index contributed by atoms with van der Waals surface area (Å²) in [6.45, 7) is 0.404. The van der Waals surface area contributed by atoms with Crippen molar-refractivity contribution in [3.63, 3.8) is 0 Å². The van der Waals surface area contributed by atoms with Crippen LogP contribution in [0.1, 0.15) is 12.8 Å². The summed E-state index contributed by atoms with van der Waals surface area (Å²) in [5.74, 6) is -1.48. The lowest BCUT2D eigenvalue weighted by Gasteiger charge is -2.27. The van der Waals surface area contributed by atoms with E-state index in [9.17, 15) is 14.4 Å². The molecule has 0 bridgehead atoms. The number of hydrogen-bond donors (Lipinski definition) is 1. The van der Waals surface area contributed by atoms with Crippen molar-refractivity contribution < 1.29 is 29.0 Å². The summed E-state index contributed by atoms with van der Waals surface area (Å²) in [5, 5.41) is 9.14. The molecule has 1 N–H and O–H groups in total. The average Bonchev–Trinajstić information content (AvgIpc) is 2.87. The molecule has 0 saturated carbocycles. The highest BCUT2D eigenvalue weighted by Crippen LogP contribution is 2.21. The van der Waals surface area contributed by atoms with Crippen molar-refractivity contribution in [1.82, 2.24) is 9.80 Å². The Bertz CT molecular complexity index is 386. The maximum absolute atomic E-state index is 12.2. The molecule has 0 aliphatic carbocycles. The van der Waals surface area contributed by atoms with Gasteiger partial charge in [0.1, 0.15) is 6.04 Å². The van der Waals surface area contributed by atoms with E-state index in [0.29, 0.717) is 0 Å². The number of amides is 2. The predicted octanol–water partition coefficient (Wildman–Crippen LogP) is -0.225. The van der Waals surface area contributed by atoms with Crippen LogP contribution in [0.15, 0.2) is 0 Å². The number of esters is 1. The molecule has 0 aromatic carbocycles. The summed E-state index contributed by atoms with van der Waals surface area (Å²) in [6.07, 6.45) is 0.0505. The monoisotopic (exact) mass is 288 g/mol. The zero-order chi connectivity index (χ0) is 15.3. The minimum atomic E-state index is -1.06. The third kappa shape index (κ3) is 3.83. The second-order valence-corrected chi connectivity index (χ2v) is 4.63. The lowest BCUT2D eigenvalue weighted by atomic mass is 10.2. The molecule has 2 unspecified atom stereocenters. The standard InChI is InChI=1S/C12H20N2O6/c1-13(5-4-10(15)20-3)12(18)14-7-8(19-2)6-9(14)11(16)17/h8-9H,4-7H2,1-3H3,(H,16,17). The van der Waals surface area contributed by atoms with Crippen LogP contribution in [0.5, 0.6) is 0 Å². The Morgan fingerprint density at radius 2 is 2.00 bits per heavy atom. The van der Waals surface area contributed by atoms with Gasteiger partial charge in [0.25, 0.3) is 0 Å². The van der Waals surface area contributed by atoms with E-state index in [2.05, 4.69) is 4.74 Å². The van der Waals surface area contributed by atoms with Gasteiger partial charge in [0.15, 0.2) is 0 Å². The minimum absolute atomic E-state index is 0.0675. The van der Waals surface area contributed by atoms with Crippen LogP contribution in [0.4, 0.5) is 4.79 Å². The summed E-state index contributed by atoms with van der Waals surface area (Å²) >= 11 is 0. The van der Waals surface area contributed by atoms with E-state index in [1.807, 2.05) is 0 Å². The lowest BCUT2D eigenvalue weighted by Crippen LogP contribution is -2.47. The largest absolute Gasteiger partial charge is 0.480 e. The Kier molecular flexibility index (Phi) is 5.75. The molecular weight excluding hydrogens is 268 g/mol. The van der Waals surface area contributed by atoms with Gasteiger partial charge in [0.2, 0.25) is 0 Å². The van der Waals surface area contributed by atoms with Crippen LogP contribution in [0.25, 0.3) is 0 Å². The summed E-state index contributed by atoms with van der Waals surface area (Å²) in [5.41, 5.74) is 0. The Morgan fingerprint density at radius 1 is 1.35 bits per heavy atom. The molecule has 0 radical (unpaired) electrons. The van der Waals surface area contributed by atoms with Crippen LogP contribution < -0.4 is 0 Å². The third-order valence-corrected chi connectivity index (χ3v) is 3.33. The first-order valence-electron chi connectivity index (χ1n) is 6.24. The summed E-state index contributed by atoms with van der Waals surface area (Å²) in [6, 6.07) is -1.33. The van der Waals surface area contributed by atoms with Gasteiger partial charge >= 0.3 is 18.0 Å². The van der Waals surface area contributed by atoms with E-state index in [-0.39, 0.29) is 32.0 Å². The molecular formula is C12H20N2O6. The quantitative estimate of drug-likeness (QED) is 0.702. The number of hydrogen-bond acceptors (Lipinski definition) is 5. The van der Waals surface area contributed by atoms with Crippen LogP contribution in [0.3, 0.4) is 0 Å². The zero-order valence-electron chi connectivity index (χ0n) is 11.9. The predicted molar refractivity (Wildman–Crippen MR) is 68.2 cm³/mol. The van der Waals surface area contributed by atoms with Gasteiger partial charge in [0, 0.05) is 33.7 Å². The lowest BCUT2D eigenvalue weighted by molar-refractivity contribution is -0.142. The second-order valence-electron chi connectivity index (χ2n) is 4.63. The first kappa shape index (κ1) is 16.2. The van der Waals surface area contributed by atoms with Gasteiger partial charge in [-0.3, -0.25) is 4.79 Å². The number of likely N-dealkylation sites (tertiary alicyclic amines) is 1. The van der Waals surface area contributed by atoms with Crippen LogP contribution in [-0.2, 0) is 19.1 Å². The first-order chi connectivity index (χ1) is 9.40. The first-order valence-corrected chi connectivity index (χ1v) is 6.24. The SMILES string of the molecule is COC(=O)CCN(C)C(=O)N1CC(OC)CC1C(=O)O. The highest BCUT2D eigenvalue weighted by Gasteiger charge is 2.40. The molecule has 1 heterocycles. The second kappa shape index (κ2) is 7.09. The summed E-state index contributed by atoms with van der Waals surface area (Å²) in [4.78, 5) is 37.0. The third-order valence-electron chi connectivity index (χ3n) is 3.33. The normalized spacial score (nSPS) is 21.6. The molecule has 2 atom stereocenters. The molecule has 0 aromatic heterocycles. The molecule has 1 saturated heterocycles. The fourth-order valence-electron chi connectivity index (χ4n) is 2.09. The number of nitrogens with zero attached hydrogens (tertiary/aromatic N) is 2. The molecule has 0 spiro atoms. The number of urea groups is 1. The fraction of sp³-hybridized carbons (Fsp3) is 0.750. The summed E-state index contributed by atoms with van der Waals surface area (Å²) < 4.78 is 9.61. The smallest absolute Gasteiger partial charge is 0.326 e. The molecule has 8 nitrogen and oxygen atoms in total. The molecule has 1 aliphatic rings. The maximum atomic E-state index is 12.2. The number of carboxylic acids is 1. The van der Waals surface area contributed by atoms with Crippen LogP contribution in [-0.4, -0.2) is 79.4 Å². The fourth-order valence-corrected chi connectivity index (χ4v) is 2.09. The van der Waals surface area contributed by atoms with Crippen molar-refractivity contribution in [1.29, 1.82) is 0 Å². The van der Waals surface area contributed by atoms with Crippen molar-refractivity contribution >= 4 is 18.0 Å².